The Morgan fingerprint density at radius 1 is 0.958 bits per heavy atom. The Morgan fingerprint density at radius 2 is 1.67 bits per heavy atom. The highest BCUT2D eigenvalue weighted by molar-refractivity contribution is 5.60. The summed E-state index contributed by atoms with van der Waals surface area (Å²) in [4.78, 5) is 6.03. The van der Waals surface area contributed by atoms with Gasteiger partial charge in [0, 0.05) is 33.4 Å². The summed E-state index contributed by atoms with van der Waals surface area (Å²) in [5.74, 6) is 0. The van der Waals surface area contributed by atoms with Crippen LogP contribution in [-0.4, -0.2) is 38.8 Å². The number of hydrogen-bond acceptors (Lipinski definition) is 4. The second-order valence-electron chi connectivity index (χ2n) is 5.25. The van der Waals surface area contributed by atoms with Crippen LogP contribution >= 0.6 is 0 Å². The molecule has 0 amide bonds. The quantitative estimate of drug-likeness (QED) is 0.335. The van der Waals surface area contributed by atoms with Crippen LogP contribution in [0.3, 0.4) is 0 Å². The average molecular weight is 322 g/mol. The molecule has 0 aliphatic rings. The number of nitrogens with zero attached hydrogens (tertiary/aromatic N) is 6. The second-order valence-corrected chi connectivity index (χ2v) is 5.25. The minimum atomic E-state index is 0.783. The summed E-state index contributed by atoms with van der Waals surface area (Å²) in [6.45, 7) is 0.861. The van der Waals surface area contributed by atoms with E-state index in [2.05, 4.69) is 56.5 Å². The molecule has 2 aromatic rings. The van der Waals surface area contributed by atoms with Crippen LogP contribution in [-0.2, 0) is 6.54 Å². The zero-order valence-corrected chi connectivity index (χ0v) is 14.2. The average Bonchev–Trinajstić information content (AvgIpc) is 2.60. The maximum Gasteiger partial charge on any atom is 0.158 e. The summed E-state index contributed by atoms with van der Waals surface area (Å²) in [5, 5.41) is 13.6. The SMILES string of the molecule is C/N=C/N(C)/N=C/N=N/c1ccc(N(C)Cc2ccccc2)cc1. The molecule has 0 heterocycles. The fourth-order valence-corrected chi connectivity index (χ4v) is 2.12. The largest absolute Gasteiger partial charge is 0.370 e. The fraction of sp³-hybridized carbons (Fsp3) is 0.222. The van der Waals surface area contributed by atoms with E-state index in [9.17, 15) is 0 Å². The summed E-state index contributed by atoms with van der Waals surface area (Å²) in [7, 11) is 5.53. The topological polar surface area (TPSA) is 55.9 Å². The van der Waals surface area contributed by atoms with Gasteiger partial charge < -0.3 is 4.90 Å². The maximum atomic E-state index is 4.11. The smallest absolute Gasteiger partial charge is 0.158 e. The molecule has 0 bridgehead atoms. The Morgan fingerprint density at radius 3 is 2.33 bits per heavy atom. The first-order valence-corrected chi connectivity index (χ1v) is 7.62. The summed E-state index contributed by atoms with van der Waals surface area (Å²) in [5.41, 5.74) is 3.19. The first kappa shape index (κ1) is 17.3. The summed E-state index contributed by atoms with van der Waals surface area (Å²) in [6.07, 6.45) is 2.97. The first-order chi connectivity index (χ1) is 11.7. The van der Waals surface area contributed by atoms with E-state index in [4.69, 9.17) is 0 Å². The molecule has 0 N–H and O–H groups in total. The Balaban J connectivity index is 1.92. The van der Waals surface area contributed by atoms with Crippen molar-refractivity contribution in [3.05, 3.63) is 60.2 Å². The highest BCUT2D eigenvalue weighted by Gasteiger charge is 2.01. The van der Waals surface area contributed by atoms with E-state index in [0.29, 0.717) is 0 Å². The molecular weight excluding hydrogens is 300 g/mol. The Labute approximate surface area is 142 Å². The second kappa shape index (κ2) is 9.19. The lowest BCUT2D eigenvalue weighted by Crippen LogP contribution is -2.15. The zero-order valence-electron chi connectivity index (χ0n) is 14.2. The van der Waals surface area contributed by atoms with Gasteiger partial charge in [-0.2, -0.15) is 5.10 Å². The van der Waals surface area contributed by atoms with Gasteiger partial charge in [0.05, 0.1) is 5.69 Å². The van der Waals surface area contributed by atoms with Crippen molar-refractivity contribution in [3.63, 3.8) is 0 Å². The van der Waals surface area contributed by atoms with Gasteiger partial charge in [-0.15, -0.1) is 10.2 Å². The van der Waals surface area contributed by atoms with Crippen LogP contribution in [0.2, 0.25) is 0 Å². The molecule has 0 radical (unpaired) electrons. The molecule has 0 spiro atoms. The zero-order chi connectivity index (χ0) is 17.2. The van der Waals surface area contributed by atoms with Gasteiger partial charge >= 0.3 is 0 Å². The lowest BCUT2D eigenvalue weighted by molar-refractivity contribution is 0.562. The van der Waals surface area contributed by atoms with E-state index >= 15 is 0 Å². The third-order valence-corrected chi connectivity index (χ3v) is 3.29. The number of rotatable bonds is 7. The van der Waals surface area contributed by atoms with E-state index in [1.807, 2.05) is 30.3 Å². The molecule has 0 aliphatic heterocycles. The minimum Gasteiger partial charge on any atom is -0.370 e. The van der Waals surface area contributed by atoms with E-state index in [-0.39, 0.29) is 0 Å². The standard InChI is InChI=1S/C18H22N6/c1-19-15-24(3)21-14-20-22-17-9-11-18(12-10-17)23(2)13-16-7-5-4-6-8-16/h4-12,14-15H,13H2,1-3H3/b19-15+,21-14+,22-20+. The van der Waals surface area contributed by atoms with Crippen molar-refractivity contribution in [2.75, 3.05) is 26.0 Å². The van der Waals surface area contributed by atoms with Crippen molar-refractivity contribution in [2.24, 2.45) is 20.3 Å². The fourth-order valence-electron chi connectivity index (χ4n) is 2.12. The third-order valence-electron chi connectivity index (χ3n) is 3.29. The van der Waals surface area contributed by atoms with Crippen molar-refractivity contribution >= 4 is 24.1 Å². The third kappa shape index (κ3) is 5.64. The molecule has 0 saturated heterocycles. The summed E-state index contributed by atoms with van der Waals surface area (Å²) < 4.78 is 0. The molecule has 0 saturated carbocycles. The number of hydrogen-bond donors (Lipinski definition) is 0. The number of azo groups is 1. The lowest BCUT2D eigenvalue weighted by atomic mass is 10.2. The van der Waals surface area contributed by atoms with Crippen LogP contribution in [0.25, 0.3) is 0 Å². The van der Waals surface area contributed by atoms with Gasteiger partial charge in [-0.05, 0) is 29.8 Å². The molecule has 0 unspecified atom stereocenters. The van der Waals surface area contributed by atoms with Crippen molar-refractivity contribution in [2.45, 2.75) is 6.54 Å². The van der Waals surface area contributed by atoms with E-state index in [1.165, 1.54) is 11.9 Å². The molecule has 24 heavy (non-hydrogen) atoms. The van der Waals surface area contributed by atoms with Crippen molar-refractivity contribution < 1.29 is 0 Å². The molecule has 6 heteroatoms. The van der Waals surface area contributed by atoms with Crippen LogP contribution in [0, 0.1) is 0 Å². The number of anilines is 1. The van der Waals surface area contributed by atoms with Gasteiger partial charge in [0.2, 0.25) is 0 Å². The van der Waals surface area contributed by atoms with E-state index < -0.39 is 0 Å². The molecular formula is C18H22N6. The predicted octanol–water partition coefficient (Wildman–Crippen LogP) is 3.94. The van der Waals surface area contributed by atoms with E-state index in [1.54, 1.807) is 25.4 Å². The maximum absolute atomic E-state index is 4.11. The van der Waals surface area contributed by atoms with Gasteiger partial charge in [0.15, 0.2) is 6.34 Å². The molecule has 0 aliphatic carbocycles. The highest BCUT2D eigenvalue weighted by Crippen LogP contribution is 2.20. The molecule has 124 valence electrons. The van der Waals surface area contributed by atoms with Crippen molar-refractivity contribution in [1.82, 2.24) is 5.01 Å². The van der Waals surface area contributed by atoms with Crippen LogP contribution < -0.4 is 4.90 Å². The normalized spacial score (nSPS) is 11.6. The number of benzene rings is 2. The molecule has 2 rings (SSSR count). The molecule has 6 nitrogen and oxygen atoms in total. The first-order valence-electron chi connectivity index (χ1n) is 7.62. The van der Waals surface area contributed by atoms with Crippen molar-refractivity contribution in [1.29, 1.82) is 0 Å². The summed E-state index contributed by atoms with van der Waals surface area (Å²) in [6, 6.07) is 18.3. The van der Waals surface area contributed by atoms with Gasteiger partial charge in [-0.1, -0.05) is 30.3 Å². The molecule has 0 aromatic heterocycles. The Bertz CT molecular complexity index is 691. The van der Waals surface area contributed by atoms with Gasteiger partial charge in [0.1, 0.15) is 6.34 Å². The predicted molar refractivity (Wildman–Crippen MR) is 100 cm³/mol. The molecule has 2 aromatic carbocycles. The summed E-state index contributed by atoms with van der Waals surface area (Å²) >= 11 is 0. The van der Waals surface area contributed by atoms with Crippen LogP contribution in [0.5, 0.6) is 0 Å². The highest BCUT2D eigenvalue weighted by atomic mass is 15.4. The monoisotopic (exact) mass is 322 g/mol. The Hall–Kier alpha value is -3.02. The minimum absolute atomic E-state index is 0.783. The van der Waals surface area contributed by atoms with Crippen LogP contribution in [0.1, 0.15) is 5.56 Å². The van der Waals surface area contributed by atoms with E-state index in [0.717, 1.165) is 17.9 Å². The Kier molecular flexibility index (Phi) is 6.64. The molecule has 0 fully saturated rings. The lowest BCUT2D eigenvalue weighted by Gasteiger charge is -2.19. The molecule has 0 atom stereocenters. The van der Waals surface area contributed by atoms with Gasteiger partial charge in [-0.3, -0.25) is 10.0 Å². The van der Waals surface area contributed by atoms with Crippen LogP contribution in [0.4, 0.5) is 11.4 Å². The number of aliphatic imine (C=N–C) groups is 1. The van der Waals surface area contributed by atoms with Gasteiger partial charge in [0.25, 0.3) is 0 Å². The number of hydrazone groups is 1. The van der Waals surface area contributed by atoms with Gasteiger partial charge in [-0.25, -0.2) is 0 Å². The van der Waals surface area contributed by atoms with Crippen LogP contribution in [0.15, 0.2) is 74.9 Å². The van der Waals surface area contributed by atoms with Crippen molar-refractivity contribution in [3.8, 4) is 0 Å².